The Morgan fingerprint density at radius 3 is 2.73 bits per heavy atom. The van der Waals surface area contributed by atoms with Gasteiger partial charge in [0.2, 0.25) is 5.95 Å². The van der Waals surface area contributed by atoms with Crippen LogP contribution in [0.2, 0.25) is 0 Å². The largest absolute Gasteiger partial charge is 0.494 e. The summed E-state index contributed by atoms with van der Waals surface area (Å²) in [6, 6.07) is 7.51. The molecule has 0 fully saturated rings. The van der Waals surface area contributed by atoms with Crippen LogP contribution in [-0.4, -0.2) is 16.6 Å². The number of nitrogens with zero attached hydrogens (tertiary/aromatic N) is 1. The van der Waals surface area contributed by atoms with Gasteiger partial charge < -0.3 is 10.1 Å². The molecular weight excluding hydrogens is 299 g/mol. The van der Waals surface area contributed by atoms with E-state index in [-0.39, 0.29) is 12.5 Å². The van der Waals surface area contributed by atoms with Crippen LogP contribution in [0, 0.1) is 0 Å². The normalized spacial score (nSPS) is 11.3. The molecule has 118 valence electrons. The van der Waals surface area contributed by atoms with Gasteiger partial charge in [0, 0.05) is 18.2 Å². The minimum Gasteiger partial charge on any atom is -0.494 e. The van der Waals surface area contributed by atoms with Crippen LogP contribution >= 0.6 is 0 Å². The fourth-order valence-corrected chi connectivity index (χ4v) is 1.81. The second-order valence-corrected chi connectivity index (χ2v) is 4.37. The minimum absolute atomic E-state index is 0.167. The molecule has 8 heteroatoms. The second-order valence-electron chi connectivity index (χ2n) is 4.37. The first kappa shape index (κ1) is 15.9. The summed E-state index contributed by atoms with van der Waals surface area (Å²) in [4.78, 5) is 16.9. The highest BCUT2D eigenvalue weighted by Gasteiger charge is 2.33. The number of benzene rings is 1. The molecule has 0 atom stereocenters. The van der Waals surface area contributed by atoms with Gasteiger partial charge in [-0.3, -0.25) is 9.78 Å². The maximum absolute atomic E-state index is 12.6. The zero-order chi connectivity index (χ0) is 16.2. The van der Waals surface area contributed by atoms with Crippen LogP contribution in [0.1, 0.15) is 18.2 Å². The lowest BCUT2D eigenvalue weighted by atomic mass is 10.2. The molecule has 0 amide bonds. The molecule has 1 aromatic heterocycles. The molecule has 0 aliphatic carbocycles. The molecule has 0 aliphatic heterocycles. The lowest BCUT2D eigenvalue weighted by molar-refractivity contribution is -0.141. The number of nitrogens with one attached hydrogen (secondary N) is 2. The molecule has 0 bridgehead atoms. The fraction of sp³-hybridized carbons (Fsp3) is 0.286. The third-order valence-electron chi connectivity index (χ3n) is 2.75. The Kier molecular flexibility index (Phi) is 4.69. The van der Waals surface area contributed by atoms with Crippen molar-refractivity contribution in [3.8, 4) is 5.75 Å². The van der Waals surface area contributed by atoms with E-state index in [0.29, 0.717) is 18.4 Å². The number of hydrogen-bond donors (Lipinski definition) is 2. The van der Waals surface area contributed by atoms with Crippen LogP contribution < -0.4 is 15.6 Å². The molecule has 2 N–H and O–H groups in total. The summed E-state index contributed by atoms with van der Waals surface area (Å²) < 4.78 is 43.3. The van der Waals surface area contributed by atoms with Crippen LogP contribution in [-0.2, 0) is 12.7 Å². The van der Waals surface area contributed by atoms with Gasteiger partial charge in [-0.2, -0.15) is 13.2 Å². The maximum atomic E-state index is 12.6. The van der Waals surface area contributed by atoms with Crippen LogP contribution in [0.4, 0.5) is 19.1 Å². The number of H-pyrrole nitrogens is 1. The van der Waals surface area contributed by atoms with E-state index < -0.39 is 17.4 Å². The number of anilines is 1. The van der Waals surface area contributed by atoms with Crippen LogP contribution in [0.25, 0.3) is 0 Å². The third-order valence-corrected chi connectivity index (χ3v) is 2.75. The zero-order valence-corrected chi connectivity index (χ0v) is 11.7. The van der Waals surface area contributed by atoms with Crippen molar-refractivity contribution < 1.29 is 17.9 Å². The third kappa shape index (κ3) is 4.00. The minimum atomic E-state index is -4.67. The van der Waals surface area contributed by atoms with Crippen molar-refractivity contribution in [1.82, 2.24) is 9.97 Å². The van der Waals surface area contributed by atoms with Gasteiger partial charge in [0.1, 0.15) is 5.75 Å². The molecule has 1 heterocycles. The Bertz CT molecular complexity index is 698. The van der Waals surface area contributed by atoms with Crippen LogP contribution in [0.5, 0.6) is 5.75 Å². The molecule has 0 spiro atoms. The molecule has 0 saturated heterocycles. The number of para-hydroxylation sites is 1. The van der Waals surface area contributed by atoms with E-state index in [1.165, 1.54) is 0 Å². The molecule has 0 aliphatic rings. The standard InChI is InChI=1S/C14H14F3N3O2/c1-2-22-10-6-4-3-5-9(10)8-18-13-19-11(14(15,16)17)7-12(21)20-13/h3-7H,2,8H2,1H3,(H2,18,19,20,21). The van der Waals surface area contributed by atoms with Crippen molar-refractivity contribution >= 4 is 5.95 Å². The Morgan fingerprint density at radius 2 is 2.05 bits per heavy atom. The quantitative estimate of drug-likeness (QED) is 0.891. The first-order valence-corrected chi connectivity index (χ1v) is 6.53. The number of aromatic amines is 1. The summed E-state index contributed by atoms with van der Waals surface area (Å²) >= 11 is 0. The van der Waals surface area contributed by atoms with Gasteiger partial charge in [0.05, 0.1) is 6.61 Å². The number of rotatable bonds is 5. The van der Waals surface area contributed by atoms with Crippen molar-refractivity contribution in [3.63, 3.8) is 0 Å². The van der Waals surface area contributed by atoms with Crippen molar-refractivity contribution in [2.45, 2.75) is 19.6 Å². The molecule has 5 nitrogen and oxygen atoms in total. The summed E-state index contributed by atoms with van der Waals surface area (Å²) in [6.45, 7) is 2.46. The number of halogens is 3. The maximum Gasteiger partial charge on any atom is 0.433 e. The first-order chi connectivity index (χ1) is 10.4. The predicted molar refractivity (Wildman–Crippen MR) is 74.8 cm³/mol. The van der Waals surface area contributed by atoms with Gasteiger partial charge in [0.15, 0.2) is 5.69 Å². The second kappa shape index (κ2) is 6.50. The zero-order valence-electron chi connectivity index (χ0n) is 11.7. The Hall–Kier alpha value is -2.51. The van der Waals surface area contributed by atoms with Gasteiger partial charge in [-0.1, -0.05) is 18.2 Å². The number of aromatic nitrogens is 2. The average molecular weight is 313 g/mol. The summed E-state index contributed by atoms with van der Waals surface area (Å²) in [5.41, 5.74) is -1.37. The van der Waals surface area contributed by atoms with Crippen molar-refractivity contribution in [1.29, 1.82) is 0 Å². The van der Waals surface area contributed by atoms with Crippen molar-refractivity contribution in [3.05, 3.63) is 51.9 Å². The van der Waals surface area contributed by atoms with Gasteiger partial charge in [-0.15, -0.1) is 0 Å². The summed E-state index contributed by atoms with van der Waals surface area (Å²) in [6.07, 6.45) is -4.67. The van der Waals surface area contributed by atoms with E-state index in [9.17, 15) is 18.0 Å². The molecule has 2 rings (SSSR count). The number of ether oxygens (including phenoxy) is 1. The predicted octanol–water partition coefficient (Wildman–Crippen LogP) is 2.80. The molecule has 0 unspecified atom stereocenters. The van der Waals surface area contributed by atoms with Gasteiger partial charge >= 0.3 is 6.18 Å². The van der Waals surface area contributed by atoms with Crippen molar-refractivity contribution in [2.24, 2.45) is 0 Å². The molecule has 2 aromatic rings. The Balaban J connectivity index is 2.19. The van der Waals surface area contributed by atoms with Gasteiger partial charge in [-0.05, 0) is 13.0 Å². The van der Waals surface area contributed by atoms with Crippen LogP contribution in [0.15, 0.2) is 35.1 Å². The van der Waals surface area contributed by atoms with E-state index in [2.05, 4.69) is 15.3 Å². The fourth-order valence-electron chi connectivity index (χ4n) is 1.81. The average Bonchev–Trinajstić information content (AvgIpc) is 2.45. The van der Waals surface area contributed by atoms with Crippen LogP contribution in [0.3, 0.4) is 0 Å². The van der Waals surface area contributed by atoms with Crippen molar-refractivity contribution in [2.75, 3.05) is 11.9 Å². The summed E-state index contributed by atoms with van der Waals surface area (Å²) in [5.74, 6) is 0.373. The molecule has 1 aromatic carbocycles. The highest BCUT2D eigenvalue weighted by Crippen LogP contribution is 2.27. The summed E-state index contributed by atoms with van der Waals surface area (Å²) in [5, 5.41) is 2.67. The molecular formula is C14H14F3N3O2. The first-order valence-electron chi connectivity index (χ1n) is 6.53. The number of hydrogen-bond acceptors (Lipinski definition) is 4. The van der Waals surface area contributed by atoms with Gasteiger partial charge in [-0.25, -0.2) is 4.98 Å². The van der Waals surface area contributed by atoms with E-state index >= 15 is 0 Å². The SMILES string of the molecule is CCOc1ccccc1CNc1nc(C(F)(F)F)cc(=O)[nH]1. The highest BCUT2D eigenvalue weighted by molar-refractivity contribution is 5.37. The van der Waals surface area contributed by atoms with E-state index in [1.807, 2.05) is 6.92 Å². The topological polar surface area (TPSA) is 67.0 Å². The lowest BCUT2D eigenvalue weighted by Gasteiger charge is -2.12. The van der Waals surface area contributed by atoms with E-state index in [4.69, 9.17) is 4.74 Å². The summed E-state index contributed by atoms with van der Waals surface area (Å²) in [7, 11) is 0. The highest BCUT2D eigenvalue weighted by atomic mass is 19.4. The van der Waals surface area contributed by atoms with E-state index in [1.54, 1.807) is 24.3 Å². The number of alkyl halides is 3. The molecule has 0 radical (unpaired) electrons. The molecule has 0 saturated carbocycles. The monoisotopic (exact) mass is 313 g/mol. The van der Waals surface area contributed by atoms with Gasteiger partial charge in [0.25, 0.3) is 5.56 Å². The smallest absolute Gasteiger partial charge is 0.433 e. The Morgan fingerprint density at radius 1 is 1.32 bits per heavy atom. The molecule has 22 heavy (non-hydrogen) atoms. The van der Waals surface area contributed by atoms with E-state index in [0.717, 1.165) is 5.56 Å². The lowest BCUT2D eigenvalue weighted by Crippen LogP contribution is -2.19. The Labute approximate surface area is 124 Å².